The van der Waals surface area contributed by atoms with Crippen molar-refractivity contribution in [3.05, 3.63) is 0 Å². The van der Waals surface area contributed by atoms with Crippen LogP contribution in [0.3, 0.4) is 0 Å². The Labute approximate surface area is 89.2 Å². The molecule has 0 atom stereocenters. The number of amides is 1. The normalized spacial score (nSPS) is 18.0. The molecule has 0 saturated heterocycles. The number of hydrogen-bond acceptors (Lipinski definition) is 3. The predicted octanol–water partition coefficient (Wildman–Crippen LogP) is 0.350. The first-order valence-corrected chi connectivity index (χ1v) is 5.93. The van der Waals surface area contributed by atoms with E-state index in [0.29, 0.717) is 12.3 Å². The molecule has 0 radical (unpaired) electrons. The first-order valence-electron chi connectivity index (χ1n) is 4.77. The third kappa shape index (κ3) is 2.93. The van der Waals surface area contributed by atoms with Gasteiger partial charge in [-0.3, -0.25) is 4.79 Å². The number of carbonyl (C=O) groups excluding carboxylic acids is 1. The molecule has 0 aromatic heterocycles. The minimum Gasteiger partial charge on any atom is -0.354 e. The Morgan fingerprint density at radius 3 is 2.86 bits per heavy atom. The summed E-state index contributed by atoms with van der Waals surface area (Å²) in [7, 11) is 0. The fourth-order valence-corrected chi connectivity index (χ4v) is 1.84. The van der Waals surface area contributed by atoms with Crippen LogP contribution in [0.4, 0.5) is 0 Å². The maximum absolute atomic E-state index is 11.5. The van der Waals surface area contributed by atoms with E-state index in [-0.39, 0.29) is 5.91 Å². The van der Waals surface area contributed by atoms with Crippen molar-refractivity contribution in [3.63, 3.8) is 0 Å². The van der Waals surface area contributed by atoms with Gasteiger partial charge in [-0.15, -0.1) is 18.2 Å². The summed E-state index contributed by atoms with van der Waals surface area (Å²) in [6.45, 7) is 0.657. The van der Waals surface area contributed by atoms with E-state index >= 15 is 0 Å². The first kappa shape index (κ1) is 11.4. The predicted molar refractivity (Wildman–Crippen MR) is 59.9 cm³/mol. The molecule has 3 nitrogen and oxygen atoms in total. The summed E-state index contributed by atoms with van der Waals surface area (Å²) in [5.74, 6) is 4.08. The Morgan fingerprint density at radius 2 is 2.36 bits per heavy atom. The van der Waals surface area contributed by atoms with Crippen LogP contribution in [0.25, 0.3) is 0 Å². The number of thioether (sulfide) groups is 1. The molecule has 4 heteroatoms. The van der Waals surface area contributed by atoms with Crippen LogP contribution in [-0.4, -0.2) is 29.5 Å². The minimum absolute atomic E-state index is 0.00921. The van der Waals surface area contributed by atoms with Crippen molar-refractivity contribution in [2.75, 3.05) is 18.1 Å². The van der Waals surface area contributed by atoms with Crippen LogP contribution >= 0.6 is 11.8 Å². The lowest BCUT2D eigenvalue weighted by Gasteiger charge is -2.36. The molecule has 0 spiro atoms. The van der Waals surface area contributed by atoms with Crippen LogP contribution in [0.15, 0.2) is 0 Å². The molecule has 0 heterocycles. The number of terminal acetylenes is 1. The summed E-state index contributed by atoms with van der Waals surface area (Å²) >= 11 is 1.64. The van der Waals surface area contributed by atoms with Gasteiger partial charge in [0.1, 0.15) is 0 Å². The highest BCUT2D eigenvalue weighted by molar-refractivity contribution is 7.99. The molecule has 1 amide bonds. The van der Waals surface area contributed by atoms with Gasteiger partial charge in [-0.1, -0.05) is 5.92 Å². The lowest BCUT2D eigenvalue weighted by molar-refractivity contribution is -0.129. The van der Waals surface area contributed by atoms with Crippen molar-refractivity contribution in [1.29, 1.82) is 0 Å². The lowest BCUT2D eigenvalue weighted by Crippen LogP contribution is -2.58. The van der Waals surface area contributed by atoms with E-state index < -0.39 is 5.54 Å². The largest absolute Gasteiger partial charge is 0.354 e. The fourth-order valence-electron chi connectivity index (χ4n) is 1.33. The quantitative estimate of drug-likeness (QED) is 0.511. The van der Waals surface area contributed by atoms with Gasteiger partial charge < -0.3 is 11.1 Å². The van der Waals surface area contributed by atoms with E-state index in [2.05, 4.69) is 11.2 Å². The van der Waals surface area contributed by atoms with Crippen LogP contribution in [0.5, 0.6) is 0 Å². The van der Waals surface area contributed by atoms with Gasteiger partial charge in [-0.25, -0.2) is 0 Å². The third-order valence-electron chi connectivity index (χ3n) is 2.42. The molecule has 1 aliphatic rings. The SMILES string of the molecule is C#CCSCCNC(=O)C1(N)CCC1. The zero-order chi connectivity index (χ0) is 10.4. The molecule has 3 N–H and O–H groups in total. The molecule has 0 bridgehead atoms. The highest BCUT2D eigenvalue weighted by atomic mass is 32.2. The van der Waals surface area contributed by atoms with Gasteiger partial charge in [0.2, 0.25) is 5.91 Å². The molecule has 0 aliphatic heterocycles. The second kappa shape index (κ2) is 5.28. The van der Waals surface area contributed by atoms with Gasteiger partial charge in [0.15, 0.2) is 0 Å². The maximum Gasteiger partial charge on any atom is 0.240 e. The smallest absolute Gasteiger partial charge is 0.240 e. The first-order chi connectivity index (χ1) is 6.69. The molecule has 1 fully saturated rings. The molecule has 14 heavy (non-hydrogen) atoms. The van der Waals surface area contributed by atoms with E-state index in [1.165, 1.54) is 0 Å². The number of hydrogen-bond donors (Lipinski definition) is 2. The van der Waals surface area contributed by atoms with Gasteiger partial charge in [0.05, 0.1) is 11.3 Å². The van der Waals surface area contributed by atoms with E-state index in [0.717, 1.165) is 25.0 Å². The third-order valence-corrected chi connectivity index (χ3v) is 3.28. The van der Waals surface area contributed by atoms with Crippen LogP contribution < -0.4 is 11.1 Å². The zero-order valence-corrected chi connectivity index (χ0v) is 9.03. The van der Waals surface area contributed by atoms with Crippen molar-refractivity contribution in [2.45, 2.75) is 24.8 Å². The molecule has 0 aromatic rings. The van der Waals surface area contributed by atoms with Crippen molar-refractivity contribution < 1.29 is 4.79 Å². The fraction of sp³-hybridized carbons (Fsp3) is 0.700. The van der Waals surface area contributed by atoms with Gasteiger partial charge in [0.25, 0.3) is 0 Å². The van der Waals surface area contributed by atoms with Gasteiger partial charge in [-0.2, -0.15) is 0 Å². The zero-order valence-electron chi connectivity index (χ0n) is 8.21. The van der Waals surface area contributed by atoms with Crippen molar-refractivity contribution in [1.82, 2.24) is 5.32 Å². The van der Waals surface area contributed by atoms with Crippen molar-refractivity contribution >= 4 is 17.7 Å². The Morgan fingerprint density at radius 1 is 1.64 bits per heavy atom. The van der Waals surface area contributed by atoms with E-state index in [1.54, 1.807) is 11.8 Å². The number of carbonyl (C=O) groups is 1. The molecule has 0 aromatic carbocycles. The Kier molecular flexibility index (Phi) is 4.30. The molecular formula is C10H16N2OS. The summed E-state index contributed by atoms with van der Waals surface area (Å²) < 4.78 is 0. The highest BCUT2D eigenvalue weighted by Gasteiger charge is 2.39. The number of nitrogens with two attached hydrogens (primary N) is 1. The Hall–Kier alpha value is -0.660. The van der Waals surface area contributed by atoms with E-state index in [1.807, 2.05) is 0 Å². The maximum atomic E-state index is 11.5. The van der Waals surface area contributed by atoms with Crippen LogP contribution in [-0.2, 0) is 4.79 Å². The summed E-state index contributed by atoms with van der Waals surface area (Å²) in [6, 6.07) is 0. The average Bonchev–Trinajstić information content (AvgIpc) is 2.13. The van der Waals surface area contributed by atoms with Crippen LogP contribution in [0.1, 0.15) is 19.3 Å². The van der Waals surface area contributed by atoms with Crippen LogP contribution in [0.2, 0.25) is 0 Å². The van der Waals surface area contributed by atoms with E-state index in [4.69, 9.17) is 12.2 Å². The average molecular weight is 212 g/mol. The summed E-state index contributed by atoms with van der Waals surface area (Å²) in [6.07, 6.45) is 7.79. The minimum atomic E-state index is -0.573. The molecule has 1 rings (SSSR count). The van der Waals surface area contributed by atoms with Gasteiger partial charge in [0, 0.05) is 12.3 Å². The monoisotopic (exact) mass is 212 g/mol. The lowest BCUT2D eigenvalue weighted by atomic mass is 9.77. The number of rotatable bonds is 5. The highest BCUT2D eigenvalue weighted by Crippen LogP contribution is 2.28. The molecule has 0 unspecified atom stereocenters. The Balaban J connectivity index is 2.07. The van der Waals surface area contributed by atoms with Gasteiger partial charge in [-0.05, 0) is 19.3 Å². The number of nitrogens with one attached hydrogen (secondary N) is 1. The summed E-state index contributed by atoms with van der Waals surface area (Å²) in [4.78, 5) is 11.5. The van der Waals surface area contributed by atoms with E-state index in [9.17, 15) is 4.79 Å². The summed E-state index contributed by atoms with van der Waals surface area (Å²) in [5, 5.41) is 2.83. The topological polar surface area (TPSA) is 55.1 Å². The van der Waals surface area contributed by atoms with Crippen molar-refractivity contribution in [3.8, 4) is 12.3 Å². The molecule has 1 saturated carbocycles. The molecule has 1 aliphatic carbocycles. The van der Waals surface area contributed by atoms with Crippen LogP contribution in [0, 0.1) is 12.3 Å². The molecular weight excluding hydrogens is 196 g/mol. The summed E-state index contributed by atoms with van der Waals surface area (Å²) in [5.41, 5.74) is 5.26. The van der Waals surface area contributed by atoms with Crippen molar-refractivity contribution in [2.24, 2.45) is 5.73 Å². The standard InChI is InChI=1S/C10H16N2OS/c1-2-7-14-8-6-12-9(13)10(11)4-3-5-10/h1H,3-8,11H2,(H,12,13). The second-order valence-electron chi connectivity index (χ2n) is 3.52. The second-order valence-corrected chi connectivity index (χ2v) is 4.63. The molecule has 78 valence electrons. The van der Waals surface area contributed by atoms with Gasteiger partial charge >= 0.3 is 0 Å². The Bertz CT molecular complexity index is 243.